The fraction of sp³-hybridized carbons (Fsp3) is 0.0290. The summed E-state index contributed by atoms with van der Waals surface area (Å²) < 4.78 is 43.3. The van der Waals surface area contributed by atoms with Crippen LogP contribution in [0.15, 0.2) is 219 Å². The van der Waals surface area contributed by atoms with E-state index >= 15 is 0 Å². The van der Waals surface area contributed by atoms with Crippen LogP contribution < -0.4 is 4.74 Å². The van der Waals surface area contributed by atoms with Crippen LogP contribution in [0.1, 0.15) is 20.8 Å². The van der Waals surface area contributed by atoms with Crippen LogP contribution in [-0.2, 0) is 19.4 Å². The normalized spacial score (nSPS) is 12.6. The molecule has 0 saturated heterocycles. The molecular weight excluding hydrogens is 1120 g/mol. The fourth-order valence-electron chi connectivity index (χ4n) is 11.6. The first-order valence-corrected chi connectivity index (χ1v) is 26.5. The van der Waals surface area contributed by atoms with Crippen molar-refractivity contribution in [2.75, 3.05) is 0 Å². The van der Waals surface area contributed by atoms with Crippen molar-refractivity contribution in [1.29, 1.82) is 5.26 Å². The van der Waals surface area contributed by atoms with E-state index in [0.29, 0.717) is 34.0 Å². The van der Waals surface area contributed by atoms with Crippen LogP contribution in [-0.4, -0.2) is 23.1 Å². The fourth-order valence-corrected chi connectivity index (χ4v) is 12.7. The topological polar surface area (TPSA) is 65.1 Å². The van der Waals surface area contributed by atoms with Gasteiger partial charge in [0.2, 0.25) is 0 Å². The molecular formula is C69H42N6OPt-2. The SMILES string of the molecule is [2H]C([2H])([2H])c1cc(-n2c3[c-]c(Oc4[c-]c(-n5[c](=[Pt])n(-c6c(-c7ccccc7)cccc6-c6ccccc6)c6ccccc65)ccc4C)ccc3c3cc4c5cc(C#N)cc6c7ccccc7n(c4cc32)c65)ncc1-c1ccccc1. The quantitative estimate of drug-likeness (QED) is 0.142. The summed E-state index contributed by atoms with van der Waals surface area (Å²) in [7, 11) is 0. The van der Waals surface area contributed by atoms with Gasteiger partial charge in [0.05, 0.1) is 28.2 Å². The number of benzene rings is 10. The number of aryl methyl sites for hydroxylation is 2. The minimum absolute atomic E-state index is 0.183. The molecule has 0 aliphatic heterocycles. The van der Waals surface area contributed by atoms with Crippen molar-refractivity contribution in [3.63, 3.8) is 0 Å². The molecule has 0 N–H and O–H groups in total. The van der Waals surface area contributed by atoms with Crippen LogP contribution in [0.2, 0.25) is 0 Å². The van der Waals surface area contributed by atoms with Gasteiger partial charge in [-0.1, -0.05) is 48.5 Å². The van der Waals surface area contributed by atoms with Gasteiger partial charge in [-0.25, -0.2) is 0 Å². The first-order chi connectivity index (χ1) is 39.1. The Hall–Kier alpha value is -9.60. The third-order valence-corrected chi connectivity index (χ3v) is 16.1. The van der Waals surface area contributed by atoms with Crippen LogP contribution in [0.5, 0.6) is 11.5 Å². The number of aromatic nitrogens is 5. The molecule has 0 bridgehead atoms. The van der Waals surface area contributed by atoms with Crippen LogP contribution in [0.25, 0.3) is 122 Å². The van der Waals surface area contributed by atoms with Crippen LogP contribution in [0.4, 0.5) is 0 Å². The third kappa shape index (κ3) is 6.93. The van der Waals surface area contributed by atoms with E-state index in [2.05, 4.69) is 178 Å². The van der Waals surface area contributed by atoms with Crippen molar-refractivity contribution < 1.29 is 28.2 Å². The first-order valence-electron chi connectivity index (χ1n) is 26.8. The molecule has 5 heterocycles. The smallest absolute Gasteiger partial charge is 0.0622 e. The molecule has 0 unspecified atom stereocenters. The average molecular weight is 1170 g/mol. The second kappa shape index (κ2) is 17.5. The van der Waals surface area contributed by atoms with Gasteiger partial charge in [0.25, 0.3) is 0 Å². The molecule has 5 aromatic heterocycles. The number of pyridine rings is 1. The maximum atomic E-state index is 10.3. The summed E-state index contributed by atoms with van der Waals surface area (Å²) in [6.07, 6.45) is 1.67. The van der Waals surface area contributed by atoms with E-state index < -0.39 is 6.85 Å². The molecule has 0 amide bonds. The van der Waals surface area contributed by atoms with Crippen LogP contribution >= 0.6 is 0 Å². The molecule has 10 aromatic carbocycles. The van der Waals surface area contributed by atoms with Crippen molar-refractivity contribution in [1.82, 2.24) is 23.1 Å². The number of nitrogens with zero attached hydrogens (tertiary/aromatic N) is 6. The molecule has 0 radical (unpaired) electrons. The molecule has 7 nitrogen and oxygen atoms in total. The number of ether oxygens (including phenoxy) is 1. The molecule has 0 saturated carbocycles. The molecule has 15 rings (SSSR count). The van der Waals surface area contributed by atoms with Crippen molar-refractivity contribution in [2.45, 2.75) is 13.8 Å². The number of nitriles is 1. The second-order valence-corrected chi connectivity index (χ2v) is 20.5. The van der Waals surface area contributed by atoms with Gasteiger partial charge in [0.15, 0.2) is 0 Å². The minimum atomic E-state index is -2.47. The molecule has 8 heteroatoms. The Balaban J connectivity index is 0.927. The Morgan fingerprint density at radius 1 is 0.519 bits per heavy atom. The summed E-state index contributed by atoms with van der Waals surface area (Å²) in [6.45, 7) is -0.452. The number of hydrogen-bond donors (Lipinski definition) is 0. The van der Waals surface area contributed by atoms with E-state index in [1.807, 2.05) is 90.4 Å². The van der Waals surface area contributed by atoms with Crippen LogP contribution in [0, 0.1) is 41.0 Å². The van der Waals surface area contributed by atoms with E-state index in [1.54, 1.807) is 12.3 Å². The Morgan fingerprint density at radius 2 is 1.14 bits per heavy atom. The minimum Gasteiger partial charge on any atom is -0.0622 e. The monoisotopic (exact) mass is 1170 g/mol. The number of imidazole rings is 1. The first kappa shape index (κ1) is 41.7. The number of hydrogen-bond acceptors (Lipinski definition) is 3. The van der Waals surface area contributed by atoms with Crippen LogP contribution in [0.3, 0.4) is 0 Å². The van der Waals surface area contributed by atoms with Gasteiger partial charge >= 0.3 is 301 Å². The van der Waals surface area contributed by atoms with E-state index in [0.717, 1.165) is 114 Å². The molecule has 0 aliphatic carbocycles. The van der Waals surface area contributed by atoms with Gasteiger partial charge in [0.1, 0.15) is 0 Å². The Morgan fingerprint density at radius 3 is 1.83 bits per heavy atom. The maximum absolute atomic E-state index is 10.3. The Labute approximate surface area is 457 Å². The summed E-state index contributed by atoms with van der Waals surface area (Å²) in [5, 5.41) is 16.1. The molecule has 77 heavy (non-hydrogen) atoms. The van der Waals surface area contributed by atoms with E-state index in [-0.39, 0.29) is 5.56 Å². The number of rotatable bonds is 8. The predicted octanol–water partition coefficient (Wildman–Crippen LogP) is 17.0. The standard InChI is InChI=1S/C69H42N6O.Pt/c1-43-29-30-49(72-42-73(62-28-15-14-27-61(62)72)68-51(46-17-6-3-7-18-46)24-16-25-52(68)47-19-8-4-9-20-47)36-66(43)76-50-31-32-54-55-38-56-58-35-45(40-70)34-57-53-23-12-13-26-60(53)75(69(57)58)65(56)39-64(55)74(63(54)37-50)67-33-44(2)59(41-71-67)48-21-10-5-11-22-48;/h3-35,38-39,41H,1-2H3;/q-2;/i2D3;. The zero-order valence-electron chi connectivity index (χ0n) is 44.2. The summed E-state index contributed by atoms with van der Waals surface area (Å²) in [5.41, 5.74) is 15.7. The van der Waals surface area contributed by atoms with E-state index in [9.17, 15) is 5.26 Å². The Bertz CT molecular complexity index is 5070. The van der Waals surface area contributed by atoms with Gasteiger partial charge in [-0.2, -0.15) is 5.26 Å². The number of para-hydroxylation sites is 4. The molecule has 0 fully saturated rings. The van der Waals surface area contributed by atoms with Gasteiger partial charge < -0.3 is 4.40 Å². The van der Waals surface area contributed by atoms with E-state index in [1.165, 1.54) is 0 Å². The summed E-state index contributed by atoms with van der Waals surface area (Å²) in [4.78, 5) is 5.08. The van der Waals surface area contributed by atoms with Gasteiger partial charge in [-0.3, -0.25) is 0 Å². The summed E-state index contributed by atoms with van der Waals surface area (Å²) in [5.74, 6) is 1.39. The zero-order chi connectivity index (χ0) is 54.0. The van der Waals surface area contributed by atoms with Gasteiger partial charge in [-0.05, 0) is 36.2 Å². The Kier molecular flexibility index (Phi) is 9.48. The second-order valence-electron chi connectivity index (χ2n) is 19.4. The summed E-state index contributed by atoms with van der Waals surface area (Å²) >= 11 is 2.45. The average Bonchev–Trinajstić information content (AvgIpc) is 3.29. The zero-order valence-corrected chi connectivity index (χ0v) is 43.5. The van der Waals surface area contributed by atoms with Gasteiger partial charge in [0, 0.05) is 37.4 Å². The van der Waals surface area contributed by atoms with Crippen molar-refractivity contribution in [2.24, 2.45) is 0 Å². The number of fused-ring (bicyclic) bond motifs is 10. The molecule has 0 aliphatic rings. The third-order valence-electron chi connectivity index (χ3n) is 15.1. The predicted molar refractivity (Wildman–Crippen MR) is 307 cm³/mol. The summed E-state index contributed by atoms with van der Waals surface area (Å²) in [6, 6.07) is 81.8. The molecule has 0 atom stereocenters. The van der Waals surface area contributed by atoms with Crippen molar-refractivity contribution >= 4 is 70.9 Å². The molecule has 15 aromatic rings. The molecule has 0 spiro atoms. The van der Waals surface area contributed by atoms with E-state index in [4.69, 9.17) is 13.8 Å². The van der Waals surface area contributed by atoms with Crippen molar-refractivity contribution in [3.8, 4) is 68.1 Å². The van der Waals surface area contributed by atoms with Crippen molar-refractivity contribution in [3.05, 3.63) is 251 Å². The molecule has 366 valence electrons. The van der Waals surface area contributed by atoms with Gasteiger partial charge in [-0.15, -0.1) is 0 Å².